The van der Waals surface area contributed by atoms with Crippen LogP contribution >= 0.6 is 0 Å². The molecule has 0 saturated heterocycles. The van der Waals surface area contributed by atoms with Crippen LogP contribution in [0.3, 0.4) is 0 Å². The largest absolute Gasteiger partial charge is 0.519 e. The molecular formula is C69H122O3. The average Bonchev–Trinajstić information content (AvgIpc) is 3.39. The topological polar surface area (TPSA) is 35.5 Å². The van der Waals surface area contributed by atoms with Crippen molar-refractivity contribution >= 4 is 6.16 Å². The summed E-state index contributed by atoms with van der Waals surface area (Å²) in [5.74, 6) is 1.07. The van der Waals surface area contributed by atoms with Gasteiger partial charge in [-0.2, -0.15) is 0 Å². The molecule has 2 aromatic rings. The Morgan fingerprint density at radius 3 is 0.556 bits per heavy atom. The van der Waals surface area contributed by atoms with Gasteiger partial charge in [-0.15, -0.1) is 0 Å². The zero-order chi connectivity index (χ0) is 51.1. The molecule has 3 heteroatoms. The summed E-state index contributed by atoms with van der Waals surface area (Å²) in [5.41, 5.74) is 2.61. The van der Waals surface area contributed by atoms with Crippen molar-refractivity contribution in [2.45, 2.75) is 361 Å². The number of rotatable bonds is 56. The molecule has 0 N–H and O–H groups in total. The fourth-order valence-electron chi connectivity index (χ4n) is 11.0. The first kappa shape index (κ1) is 65.8. The molecule has 0 saturated carbocycles. The van der Waals surface area contributed by atoms with E-state index in [0.29, 0.717) is 11.5 Å². The third-order valence-corrected chi connectivity index (χ3v) is 15.9. The van der Waals surface area contributed by atoms with Gasteiger partial charge >= 0.3 is 6.16 Å². The minimum atomic E-state index is -0.679. The van der Waals surface area contributed by atoms with Crippen molar-refractivity contribution in [1.82, 2.24) is 0 Å². The molecule has 0 atom stereocenters. The van der Waals surface area contributed by atoms with Gasteiger partial charge in [0.1, 0.15) is 11.5 Å². The summed E-state index contributed by atoms with van der Waals surface area (Å²) in [7, 11) is 0. The molecular weight excluding hydrogens is 877 g/mol. The van der Waals surface area contributed by atoms with Gasteiger partial charge in [-0.1, -0.05) is 359 Å². The minimum Gasteiger partial charge on any atom is -0.395 e. The first-order valence-corrected chi connectivity index (χ1v) is 32.8. The van der Waals surface area contributed by atoms with Crippen molar-refractivity contribution in [3.8, 4) is 11.5 Å². The zero-order valence-corrected chi connectivity index (χ0v) is 48.5. The molecule has 0 aliphatic carbocycles. The second-order valence-corrected chi connectivity index (χ2v) is 22.9. The van der Waals surface area contributed by atoms with Gasteiger partial charge in [0, 0.05) is 0 Å². The van der Waals surface area contributed by atoms with Gasteiger partial charge in [0.25, 0.3) is 0 Å². The number of unbranched alkanes of at least 4 members (excludes halogenated alkanes) is 50. The molecule has 0 amide bonds. The molecule has 0 bridgehead atoms. The van der Waals surface area contributed by atoms with Crippen LogP contribution < -0.4 is 9.47 Å². The standard InChI is InChI=1S/C69H122O3/c1-3-5-7-9-11-13-15-17-19-21-23-25-27-29-31-33-35-37-39-41-43-45-47-49-51-53-55-65-57-61-67(62-58-65)71-69(70)72-68-63-59-66(60-64-68)56-54-52-50-48-46-44-42-40-38-36-34-32-30-28-26-24-22-20-18-16-14-12-10-8-6-4-2/h57-64H,3-56H2,1-2H3. The van der Waals surface area contributed by atoms with Crippen molar-refractivity contribution < 1.29 is 14.3 Å². The number of hydrogen-bond donors (Lipinski definition) is 0. The summed E-state index contributed by atoms with van der Waals surface area (Å²) in [5, 5.41) is 0. The number of ether oxygens (including phenoxy) is 2. The normalized spacial score (nSPS) is 11.5. The van der Waals surface area contributed by atoms with Gasteiger partial charge in [-0.25, -0.2) is 4.79 Å². The highest BCUT2D eigenvalue weighted by molar-refractivity contribution is 5.67. The molecule has 2 rings (SSSR count). The Balaban J connectivity index is 1.29. The molecule has 0 spiro atoms. The van der Waals surface area contributed by atoms with E-state index in [1.807, 2.05) is 24.3 Å². The third-order valence-electron chi connectivity index (χ3n) is 15.9. The maximum Gasteiger partial charge on any atom is 0.519 e. The highest BCUT2D eigenvalue weighted by atomic mass is 16.7. The Labute approximate surface area is 450 Å². The Morgan fingerprint density at radius 2 is 0.389 bits per heavy atom. The van der Waals surface area contributed by atoms with Crippen molar-refractivity contribution in [3.63, 3.8) is 0 Å². The van der Waals surface area contributed by atoms with Crippen LogP contribution in [0, 0.1) is 0 Å². The van der Waals surface area contributed by atoms with Gasteiger partial charge in [0.15, 0.2) is 0 Å². The van der Waals surface area contributed by atoms with Crippen LogP contribution in [-0.4, -0.2) is 6.16 Å². The van der Waals surface area contributed by atoms with Gasteiger partial charge in [-0.05, 0) is 61.1 Å². The van der Waals surface area contributed by atoms with Crippen molar-refractivity contribution in [1.29, 1.82) is 0 Å². The Kier molecular flexibility index (Phi) is 48.9. The molecule has 0 aromatic heterocycles. The number of hydrogen-bond acceptors (Lipinski definition) is 3. The molecule has 72 heavy (non-hydrogen) atoms. The van der Waals surface area contributed by atoms with Gasteiger partial charge in [-0.3, -0.25) is 0 Å². The lowest BCUT2D eigenvalue weighted by molar-refractivity contribution is 0.152. The third kappa shape index (κ3) is 45.1. The number of carbonyl (C=O) groups excluding carboxylic acids is 1. The zero-order valence-electron chi connectivity index (χ0n) is 48.5. The molecule has 0 aliphatic rings. The van der Waals surface area contributed by atoms with Crippen molar-refractivity contribution in [3.05, 3.63) is 59.7 Å². The van der Waals surface area contributed by atoms with E-state index >= 15 is 0 Å². The first-order chi connectivity index (χ1) is 35.7. The second kappa shape index (κ2) is 53.5. The van der Waals surface area contributed by atoms with Gasteiger partial charge in [0.2, 0.25) is 0 Å². The summed E-state index contributed by atoms with van der Waals surface area (Å²) >= 11 is 0. The molecule has 416 valence electrons. The Bertz CT molecular complexity index is 1260. The van der Waals surface area contributed by atoms with Crippen molar-refractivity contribution in [2.75, 3.05) is 0 Å². The van der Waals surface area contributed by atoms with E-state index in [4.69, 9.17) is 9.47 Å². The van der Waals surface area contributed by atoms with E-state index in [1.54, 1.807) is 0 Å². The molecule has 2 aromatic carbocycles. The fourth-order valence-corrected chi connectivity index (χ4v) is 11.0. The number of aryl methyl sites for hydroxylation is 2. The van der Waals surface area contributed by atoms with Crippen LogP contribution in [0.5, 0.6) is 11.5 Å². The lowest BCUT2D eigenvalue weighted by Gasteiger charge is -2.08. The lowest BCUT2D eigenvalue weighted by atomic mass is 10.0. The monoisotopic (exact) mass is 999 g/mol. The Morgan fingerprint density at radius 1 is 0.236 bits per heavy atom. The predicted molar refractivity (Wildman–Crippen MR) is 318 cm³/mol. The summed E-state index contributed by atoms with van der Waals surface area (Å²) < 4.78 is 11.0. The average molecular weight is 1000 g/mol. The van der Waals surface area contributed by atoms with E-state index in [9.17, 15) is 4.79 Å². The summed E-state index contributed by atoms with van der Waals surface area (Å²) in [6.45, 7) is 4.61. The Hall–Kier alpha value is -2.29. The second-order valence-electron chi connectivity index (χ2n) is 22.9. The maximum atomic E-state index is 12.5. The lowest BCUT2D eigenvalue weighted by Crippen LogP contribution is -2.13. The van der Waals surface area contributed by atoms with Crippen molar-refractivity contribution in [2.24, 2.45) is 0 Å². The van der Waals surface area contributed by atoms with Gasteiger partial charge in [0.05, 0.1) is 0 Å². The summed E-state index contributed by atoms with van der Waals surface area (Å²) in [6.07, 6.45) is 75.7. The predicted octanol–water partition coefficient (Wildman–Crippen LogP) is 24.7. The smallest absolute Gasteiger partial charge is 0.395 e. The molecule has 0 heterocycles. The highest BCUT2D eigenvalue weighted by Gasteiger charge is 2.09. The van der Waals surface area contributed by atoms with Crippen LogP contribution in [0.1, 0.15) is 359 Å². The fraction of sp³-hybridized carbons (Fsp3) is 0.812. The molecule has 3 nitrogen and oxygen atoms in total. The highest BCUT2D eigenvalue weighted by Crippen LogP contribution is 2.22. The minimum absolute atomic E-state index is 0.533. The molecule has 0 radical (unpaired) electrons. The number of benzene rings is 2. The summed E-state index contributed by atoms with van der Waals surface area (Å²) in [4.78, 5) is 12.5. The van der Waals surface area contributed by atoms with Crippen LogP contribution in [-0.2, 0) is 12.8 Å². The van der Waals surface area contributed by atoms with E-state index < -0.39 is 6.16 Å². The number of carbonyl (C=O) groups is 1. The van der Waals surface area contributed by atoms with E-state index in [0.717, 1.165) is 12.8 Å². The summed E-state index contributed by atoms with van der Waals surface area (Å²) in [6, 6.07) is 15.9. The van der Waals surface area contributed by atoms with E-state index in [2.05, 4.69) is 38.1 Å². The van der Waals surface area contributed by atoms with Crippen LogP contribution in [0.4, 0.5) is 4.79 Å². The molecule has 0 aliphatic heterocycles. The van der Waals surface area contributed by atoms with E-state index in [1.165, 1.54) is 345 Å². The maximum absolute atomic E-state index is 12.5. The van der Waals surface area contributed by atoms with Crippen LogP contribution in [0.15, 0.2) is 48.5 Å². The molecule has 0 fully saturated rings. The van der Waals surface area contributed by atoms with E-state index in [-0.39, 0.29) is 0 Å². The quantitative estimate of drug-likeness (QED) is 0.0376. The SMILES string of the molecule is CCCCCCCCCCCCCCCCCCCCCCCCCCCCc1ccc(OC(=O)Oc2ccc(CCCCCCCCCCCCCCCCCCCCCCCCCCCC)cc2)cc1. The molecule has 0 unspecified atom stereocenters. The van der Waals surface area contributed by atoms with Gasteiger partial charge < -0.3 is 9.47 Å². The van der Waals surface area contributed by atoms with Crippen LogP contribution in [0.2, 0.25) is 0 Å². The first-order valence-electron chi connectivity index (χ1n) is 32.8. The van der Waals surface area contributed by atoms with Crippen LogP contribution in [0.25, 0.3) is 0 Å².